The number of carbonyl (C=O) groups is 1. The van der Waals surface area contributed by atoms with E-state index in [0.29, 0.717) is 0 Å². The molecule has 2 aromatic rings. The number of amides is 1. The molecule has 0 saturated heterocycles. The van der Waals surface area contributed by atoms with E-state index in [9.17, 15) is 30.8 Å². The Balaban J connectivity index is 2.14. The van der Waals surface area contributed by atoms with Crippen LogP contribution in [0.15, 0.2) is 53.4 Å². The summed E-state index contributed by atoms with van der Waals surface area (Å²) in [5, 5.41) is 1.60. The van der Waals surface area contributed by atoms with Gasteiger partial charge >= 0.3 is 12.1 Å². The fourth-order valence-electron chi connectivity index (χ4n) is 1.65. The summed E-state index contributed by atoms with van der Waals surface area (Å²) in [5.41, 5.74) is -0.0936. The number of carbonyl (C=O) groups excluding carboxylic acids is 1. The van der Waals surface area contributed by atoms with Gasteiger partial charge in [0.1, 0.15) is 5.82 Å². The van der Waals surface area contributed by atoms with Crippen LogP contribution in [-0.2, 0) is 14.8 Å². The molecule has 0 saturated carbocycles. The molecule has 0 radical (unpaired) electrons. The van der Waals surface area contributed by atoms with Gasteiger partial charge in [-0.1, -0.05) is 0 Å². The van der Waals surface area contributed by atoms with Crippen LogP contribution in [0.4, 0.5) is 28.9 Å². The van der Waals surface area contributed by atoms with Gasteiger partial charge in [0.15, 0.2) is 0 Å². The van der Waals surface area contributed by atoms with Gasteiger partial charge in [0.25, 0.3) is 10.0 Å². The molecule has 0 bridgehead atoms. The summed E-state index contributed by atoms with van der Waals surface area (Å²) in [7, 11) is -4.01. The third-order valence-corrected chi connectivity index (χ3v) is 4.17. The van der Waals surface area contributed by atoms with Crippen LogP contribution < -0.4 is 10.0 Å². The van der Waals surface area contributed by atoms with Crippen LogP contribution in [-0.4, -0.2) is 20.5 Å². The highest BCUT2D eigenvalue weighted by Gasteiger charge is 2.38. The molecule has 0 spiro atoms. The van der Waals surface area contributed by atoms with Gasteiger partial charge in [-0.2, -0.15) is 13.2 Å². The predicted octanol–water partition coefficient (Wildman–Crippen LogP) is 3.13. The molecule has 24 heavy (non-hydrogen) atoms. The van der Waals surface area contributed by atoms with Gasteiger partial charge in [-0.15, -0.1) is 0 Å². The van der Waals surface area contributed by atoms with Crippen LogP contribution in [0.25, 0.3) is 0 Å². The molecule has 0 aromatic heterocycles. The van der Waals surface area contributed by atoms with E-state index in [2.05, 4.69) is 4.72 Å². The van der Waals surface area contributed by atoms with Crippen LogP contribution in [0, 0.1) is 5.82 Å². The number of halogens is 4. The first kappa shape index (κ1) is 17.7. The monoisotopic (exact) mass is 362 g/mol. The zero-order valence-electron chi connectivity index (χ0n) is 11.8. The van der Waals surface area contributed by atoms with Crippen molar-refractivity contribution in [2.75, 3.05) is 10.0 Å². The van der Waals surface area contributed by atoms with Crippen molar-refractivity contribution in [1.29, 1.82) is 0 Å². The number of rotatable bonds is 4. The Morgan fingerprint density at radius 3 is 1.88 bits per heavy atom. The van der Waals surface area contributed by atoms with Crippen LogP contribution in [0.1, 0.15) is 0 Å². The molecule has 0 atom stereocenters. The Kier molecular flexibility index (Phi) is 4.78. The lowest BCUT2D eigenvalue weighted by Gasteiger charge is -2.10. The maximum Gasteiger partial charge on any atom is 0.471 e. The van der Waals surface area contributed by atoms with Gasteiger partial charge in [-0.05, 0) is 48.5 Å². The van der Waals surface area contributed by atoms with E-state index in [-0.39, 0.29) is 16.3 Å². The Labute approximate surface area is 134 Å². The maximum atomic E-state index is 12.8. The fourth-order valence-corrected chi connectivity index (χ4v) is 2.71. The van der Waals surface area contributed by atoms with Crippen molar-refractivity contribution in [1.82, 2.24) is 0 Å². The minimum absolute atomic E-state index is 0.117. The largest absolute Gasteiger partial charge is 0.471 e. The van der Waals surface area contributed by atoms with E-state index in [4.69, 9.17) is 0 Å². The zero-order valence-corrected chi connectivity index (χ0v) is 12.6. The predicted molar refractivity (Wildman–Crippen MR) is 78.3 cm³/mol. The lowest BCUT2D eigenvalue weighted by molar-refractivity contribution is -0.167. The third-order valence-electron chi connectivity index (χ3n) is 2.78. The van der Waals surface area contributed by atoms with E-state index in [1.807, 2.05) is 0 Å². The van der Waals surface area contributed by atoms with E-state index in [0.717, 1.165) is 36.4 Å². The SMILES string of the molecule is O=C(Nc1ccc(S(=O)(=O)Nc2ccc(F)cc2)cc1)C(F)(F)F. The molecule has 2 rings (SSSR count). The van der Waals surface area contributed by atoms with Crippen LogP contribution in [0.5, 0.6) is 0 Å². The fraction of sp³-hybridized carbons (Fsp3) is 0.0714. The lowest BCUT2D eigenvalue weighted by atomic mass is 10.3. The highest BCUT2D eigenvalue weighted by molar-refractivity contribution is 7.92. The minimum atomic E-state index is -5.05. The van der Waals surface area contributed by atoms with Crippen molar-refractivity contribution in [3.8, 4) is 0 Å². The van der Waals surface area contributed by atoms with Crippen molar-refractivity contribution >= 4 is 27.3 Å². The first-order chi connectivity index (χ1) is 11.1. The van der Waals surface area contributed by atoms with Crippen molar-refractivity contribution in [3.63, 3.8) is 0 Å². The summed E-state index contributed by atoms with van der Waals surface area (Å²) in [6.07, 6.45) is -5.05. The van der Waals surface area contributed by atoms with E-state index >= 15 is 0 Å². The molecule has 0 heterocycles. The molecule has 2 N–H and O–H groups in total. The van der Waals surface area contributed by atoms with Crippen molar-refractivity contribution in [2.24, 2.45) is 0 Å². The number of nitrogens with one attached hydrogen (secondary N) is 2. The average molecular weight is 362 g/mol. The molecule has 2 aromatic carbocycles. The minimum Gasteiger partial charge on any atom is -0.318 e. The standard InChI is InChI=1S/C14H10F4N2O3S/c15-9-1-3-11(4-2-9)20-24(22,23)12-7-5-10(6-8-12)19-13(21)14(16,17)18/h1-8,20H,(H,19,21). The van der Waals surface area contributed by atoms with Crippen molar-refractivity contribution in [2.45, 2.75) is 11.1 Å². The van der Waals surface area contributed by atoms with Gasteiger partial charge in [0, 0.05) is 11.4 Å². The Hall–Kier alpha value is -2.62. The smallest absolute Gasteiger partial charge is 0.318 e. The van der Waals surface area contributed by atoms with Gasteiger partial charge < -0.3 is 5.32 Å². The number of anilines is 2. The van der Waals surface area contributed by atoms with Crippen LogP contribution in [0.2, 0.25) is 0 Å². The van der Waals surface area contributed by atoms with Gasteiger partial charge in [-0.3, -0.25) is 9.52 Å². The number of benzene rings is 2. The molecular formula is C14H10F4N2O3S. The third kappa shape index (κ3) is 4.44. The summed E-state index contributed by atoms with van der Waals surface area (Å²) < 4.78 is 75.6. The second-order valence-electron chi connectivity index (χ2n) is 4.59. The van der Waals surface area contributed by atoms with E-state index in [1.54, 1.807) is 5.32 Å². The molecule has 1 amide bonds. The number of sulfonamides is 1. The number of hydrogen-bond donors (Lipinski definition) is 2. The molecule has 10 heteroatoms. The normalized spacial score (nSPS) is 11.8. The second kappa shape index (κ2) is 6.48. The number of hydrogen-bond acceptors (Lipinski definition) is 3. The molecule has 0 aliphatic carbocycles. The quantitative estimate of drug-likeness (QED) is 0.821. The first-order valence-corrected chi connectivity index (χ1v) is 7.83. The highest BCUT2D eigenvalue weighted by atomic mass is 32.2. The highest BCUT2D eigenvalue weighted by Crippen LogP contribution is 2.21. The maximum absolute atomic E-state index is 12.8. The summed E-state index contributed by atoms with van der Waals surface area (Å²) >= 11 is 0. The molecule has 128 valence electrons. The number of alkyl halides is 3. The topological polar surface area (TPSA) is 75.3 Å². The van der Waals surface area contributed by atoms with Crippen LogP contribution >= 0.6 is 0 Å². The van der Waals surface area contributed by atoms with Gasteiger partial charge in [0.2, 0.25) is 0 Å². The molecule has 0 aliphatic heterocycles. The summed E-state index contributed by atoms with van der Waals surface area (Å²) in [6.45, 7) is 0. The summed E-state index contributed by atoms with van der Waals surface area (Å²) in [5.74, 6) is -2.70. The second-order valence-corrected chi connectivity index (χ2v) is 6.27. The Morgan fingerprint density at radius 2 is 1.38 bits per heavy atom. The summed E-state index contributed by atoms with van der Waals surface area (Å²) in [6, 6.07) is 8.64. The van der Waals surface area contributed by atoms with Crippen molar-refractivity contribution in [3.05, 3.63) is 54.3 Å². The lowest BCUT2D eigenvalue weighted by Crippen LogP contribution is -2.29. The Morgan fingerprint density at radius 1 is 0.875 bits per heavy atom. The molecule has 0 aliphatic rings. The van der Waals surface area contributed by atoms with Crippen molar-refractivity contribution < 1.29 is 30.8 Å². The van der Waals surface area contributed by atoms with E-state index in [1.165, 1.54) is 12.1 Å². The Bertz CT molecular complexity index is 832. The van der Waals surface area contributed by atoms with Crippen LogP contribution in [0.3, 0.4) is 0 Å². The molecule has 5 nitrogen and oxygen atoms in total. The van der Waals surface area contributed by atoms with Gasteiger partial charge in [0.05, 0.1) is 4.90 Å². The van der Waals surface area contributed by atoms with Gasteiger partial charge in [-0.25, -0.2) is 12.8 Å². The zero-order chi connectivity index (χ0) is 18.0. The van der Waals surface area contributed by atoms with E-state index < -0.39 is 27.9 Å². The first-order valence-electron chi connectivity index (χ1n) is 6.34. The molecule has 0 fully saturated rings. The summed E-state index contributed by atoms with van der Waals surface area (Å²) in [4.78, 5) is 10.5. The molecular weight excluding hydrogens is 352 g/mol. The molecule has 0 unspecified atom stereocenters. The average Bonchev–Trinajstić information content (AvgIpc) is 2.49.